The Bertz CT molecular complexity index is 631. The minimum Gasteiger partial charge on any atom is -0.412 e. The maximum Gasteiger partial charge on any atom is 0.148 e. The predicted octanol–water partition coefficient (Wildman–Crippen LogP) is 2.88. The van der Waals surface area contributed by atoms with Crippen molar-refractivity contribution < 1.29 is 19.2 Å². The van der Waals surface area contributed by atoms with Crippen molar-refractivity contribution in [3.63, 3.8) is 0 Å². The van der Waals surface area contributed by atoms with Crippen LogP contribution in [0.25, 0.3) is 0 Å². The van der Waals surface area contributed by atoms with Crippen molar-refractivity contribution in [3.05, 3.63) is 28.8 Å². The maximum absolute atomic E-state index is 13.1. The third-order valence-corrected chi connectivity index (χ3v) is 5.81. The number of benzene rings is 1. The van der Waals surface area contributed by atoms with Crippen LogP contribution in [0.2, 0.25) is 0 Å². The molecule has 1 aliphatic heterocycles. The van der Waals surface area contributed by atoms with Crippen LogP contribution in [-0.4, -0.2) is 24.8 Å². The summed E-state index contributed by atoms with van der Waals surface area (Å²) >= 11 is 0. The highest BCUT2D eigenvalue weighted by atomic mass is 16.6. The fourth-order valence-electron chi connectivity index (χ4n) is 4.44. The summed E-state index contributed by atoms with van der Waals surface area (Å²) in [5.74, 6) is 5.39. The second-order valence-electron chi connectivity index (χ2n) is 7.31. The van der Waals surface area contributed by atoms with E-state index >= 15 is 0 Å². The summed E-state index contributed by atoms with van der Waals surface area (Å²) in [6, 6.07) is 3.71. The number of aryl methyl sites for hydroxylation is 2. The van der Waals surface area contributed by atoms with Crippen LogP contribution < -0.4 is 10.7 Å². The number of Topliss-reactive ketones (excluding diaryl/α,β-unsaturated/α-hetero) is 2. The third-order valence-electron chi connectivity index (χ3n) is 5.81. The van der Waals surface area contributed by atoms with Crippen LogP contribution >= 0.6 is 0 Å². The van der Waals surface area contributed by atoms with Crippen LogP contribution in [0.1, 0.15) is 62.1 Å². The van der Waals surface area contributed by atoms with Gasteiger partial charge in [-0.15, -0.1) is 0 Å². The highest BCUT2D eigenvalue weighted by Gasteiger charge is 2.47. The van der Waals surface area contributed by atoms with Gasteiger partial charge in [0, 0.05) is 26.1 Å². The lowest BCUT2D eigenvalue weighted by Gasteiger charge is -2.41. The molecule has 1 aromatic rings. The lowest BCUT2D eigenvalue weighted by Crippen LogP contribution is -2.43. The molecule has 2 N–H and O–H groups in total. The number of hydrogen-bond donors (Lipinski definition) is 1. The summed E-state index contributed by atoms with van der Waals surface area (Å²) in [7, 11) is 0. The quantitative estimate of drug-likeness (QED) is 0.670. The molecule has 0 atom stereocenters. The molecule has 1 saturated carbocycles. The van der Waals surface area contributed by atoms with Gasteiger partial charge >= 0.3 is 0 Å². The van der Waals surface area contributed by atoms with Crippen molar-refractivity contribution in [3.8, 4) is 5.75 Å². The summed E-state index contributed by atoms with van der Waals surface area (Å²) in [6.07, 6.45) is 4.03. The molecule has 3 rings (SSSR count). The molecule has 1 heterocycles. The first-order valence-corrected chi connectivity index (χ1v) is 9.19. The van der Waals surface area contributed by atoms with E-state index in [0.717, 1.165) is 42.4 Å². The number of carbonyl (C=O) groups is 2. The van der Waals surface area contributed by atoms with Crippen LogP contribution in [0.3, 0.4) is 0 Å². The van der Waals surface area contributed by atoms with Gasteiger partial charge in [-0.05, 0) is 59.9 Å². The van der Waals surface area contributed by atoms with Crippen molar-refractivity contribution in [2.24, 2.45) is 11.3 Å². The van der Waals surface area contributed by atoms with E-state index in [1.165, 1.54) is 0 Å². The number of hydrogen-bond acceptors (Lipinski definition) is 5. The van der Waals surface area contributed by atoms with Gasteiger partial charge in [0.25, 0.3) is 0 Å². The van der Waals surface area contributed by atoms with Crippen LogP contribution in [0.5, 0.6) is 5.75 Å². The van der Waals surface area contributed by atoms with Gasteiger partial charge in [-0.3, -0.25) is 9.59 Å². The van der Waals surface area contributed by atoms with Gasteiger partial charge in [0.05, 0.1) is 0 Å². The van der Waals surface area contributed by atoms with E-state index in [4.69, 9.17) is 15.5 Å². The zero-order chi connectivity index (χ0) is 18.0. The van der Waals surface area contributed by atoms with Crippen LogP contribution in [-0.2, 0) is 27.2 Å². The van der Waals surface area contributed by atoms with Crippen molar-refractivity contribution >= 4 is 11.6 Å². The molecule has 2 aliphatic rings. The second-order valence-corrected chi connectivity index (χ2v) is 7.31. The first-order valence-electron chi connectivity index (χ1n) is 9.19. The molecule has 2 fully saturated rings. The fourth-order valence-corrected chi connectivity index (χ4v) is 4.44. The monoisotopic (exact) mass is 345 g/mol. The minimum absolute atomic E-state index is 0.0592. The molecule has 0 amide bonds. The SMILES string of the molecule is CCc1cc(ON)cc(CC)c1C1C(=O)CC2(CCOCC2)CC1=O. The number of ether oxygens (including phenoxy) is 1. The maximum atomic E-state index is 13.1. The number of rotatable bonds is 4. The summed E-state index contributed by atoms with van der Waals surface area (Å²) in [6.45, 7) is 5.34. The number of carbonyl (C=O) groups excluding carboxylic acids is 2. The van der Waals surface area contributed by atoms with Gasteiger partial charge in [0.1, 0.15) is 23.2 Å². The molecule has 0 unspecified atom stereocenters. The topological polar surface area (TPSA) is 78.6 Å². The lowest BCUT2D eigenvalue weighted by molar-refractivity contribution is -0.139. The van der Waals surface area contributed by atoms with E-state index in [9.17, 15) is 9.59 Å². The van der Waals surface area contributed by atoms with Crippen LogP contribution in [0.4, 0.5) is 0 Å². The summed E-state index contributed by atoms with van der Waals surface area (Å²) in [4.78, 5) is 31.0. The average Bonchev–Trinajstić information content (AvgIpc) is 2.61. The molecule has 0 radical (unpaired) electrons. The van der Waals surface area contributed by atoms with Crippen molar-refractivity contribution in [1.82, 2.24) is 0 Å². The molecule has 0 aromatic heterocycles. The zero-order valence-corrected chi connectivity index (χ0v) is 15.1. The Morgan fingerprint density at radius 3 is 2.04 bits per heavy atom. The van der Waals surface area contributed by atoms with Crippen LogP contribution in [0, 0.1) is 5.41 Å². The van der Waals surface area contributed by atoms with E-state index in [-0.39, 0.29) is 17.0 Å². The molecule has 25 heavy (non-hydrogen) atoms. The molecule has 1 aromatic carbocycles. The lowest BCUT2D eigenvalue weighted by atomic mass is 9.63. The van der Waals surface area contributed by atoms with Gasteiger partial charge < -0.3 is 9.57 Å². The molecule has 5 nitrogen and oxygen atoms in total. The molecular formula is C20H27NO4. The van der Waals surface area contributed by atoms with E-state index in [2.05, 4.69) is 0 Å². The Hall–Kier alpha value is -1.72. The van der Waals surface area contributed by atoms with E-state index in [0.29, 0.717) is 31.8 Å². The van der Waals surface area contributed by atoms with Crippen molar-refractivity contribution in [2.45, 2.75) is 58.3 Å². The highest BCUT2D eigenvalue weighted by molar-refractivity contribution is 6.10. The fraction of sp³-hybridized carbons (Fsp3) is 0.600. The van der Waals surface area contributed by atoms with E-state index in [1.54, 1.807) is 0 Å². The summed E-state index contributed by atoms with van der Waals surface area (Å²) in [5.41, 5.74) is 2.67. The van der Waals surface area contributed by atoms with Gasteiger partial charge in [-0.1, -0.05) is 13.8 Å². The molecule has 1 saturated heterocycles. The van der Waals surface area contributed by atoms with Crippen molar-refractivity contribution in [1.29, 1.82) is 0 Å². The van der Waals surface area contributed by atoms with E-state index in [1.807, 2.05) is 26.0 Å². The Morgan fingerprint density at radius 1 is 1.08 bits per heavy atom. The minimum atomic E-state index is -0.634. The first kappa shape index (κ1) is 18.1. The molecule has 136 valence electrons. The molecule has 0 bridgehead atoms. The molecule has 5 heteroatoms. The summed E-state index contributed by atoms with van der Waals surface area (Å²) in [5, 5.41) is 0. The second kappa shape index (κ2) is 7.26. The largest absolute Gasteiger partial charge is 0.412 e. The number of ketones is 2. The Morgan fingerprint density at radius 2 is 1.60 bits per heavy atom. The standard InChI is InChI=1S/C20H27NO4/c1-3-13-9-15(25-21)10-14(4-2)18(13)19-16(22)11-20(12-17(19)23)5-7-24-8-6-20/h9-10,19H,3-8,11-12,21H2,1-2H3. The zero-order valence-electron chi connectivity index (χ0n) is 15.1. The first-order chi connectivity index (χ1) is 12.0. The predicted molar refractivity (Wildman–Crippen MR) is 94.5 cm³/mol. The Labute approximate surface area is 148 Å². The van der Waals surface area contributed by atoms with Gasteiger partial charge in [0.2, 0.25) is 0 Å². The summed E-state index contributed by atoms with van der Waals surface area (Å²) < 4.78 is 5.43. The molecular weight excluding hydrogens is 318 g/mol. The smallest absolute Gasteiger partial charge is 0.148 e. The van der Waals surface area contributed by atoms with Gasteiger partial charge in [-0.25, -0.2) is 0 Å². The Balaban J connectivity index is 1.99. The number of nitrogens with two attached hydrogens (primary N) is 1. The van der Waals surface area contributed by atoms with Gasteiger partial charge in [0.15, 0.2) is 0 Å². The highest BCUT2D eigenvalue weighted by Crippen LogP contribution is 2.46. The van der Waals surface area contributed by atoms with Gasteiger partial charge in [-0.2, -0.15) is 5.90 Å². The Kier molecular flexibility index (Phi) is 5.25. The molecule has 1 spiro atoms. The third kappa shape index (κ3) is 3.35. The van der Waals surface area contributed by atoms with Crippen LogP contribution in [0.15, 0.2) is 12.1 Å². The van der Waals surface area contributed by atoms with E-state index < -0.39 is 5.92 Å². The molecule has 1 aliphatic carbocycles. The van der Waals surface area contributed by atoms with Crippen molar-refractivity contribution in [2.75, 3.05) is 13.2 Å². The normalized spacial score (nSPS) is 20.9. The average molecular weight is 345 g/mol.